The molecule has 0 bridgehead atoms. The first-order chi connectivity index (χ1) is 16.2. The maximum atomic E-state index is 13.4. The van der Waals surface area contributed by atoms with Crippen molar-refractivity contribution in [2.24, 2.45) is 11.8 Å². The van der Waals surface area contributed by atoms with Crippen LogP contribution in [0.15, 0.2) is 9.70 Å². The fraction of sp³-hybridized carbons (Fsp3) is 0.600. The van der Waals surface area contributed by atoms with Gasteiger partial charge in [0.05, 0.1) is 18.1 Å². The van der Waals surface area contributed by atoms with E-state index in [-0.39, 0.29) is 17.0 Å². The van der Waals surface area contributed by atoms with Gasteiger partial charge in [0.25, 0.3) is 11.5 Å². The average Bonchev–Trinajstić information content (AvgIpc) is 3.05. The van der Waals surface area contributed by atoms with Crippen molar-refractivity contribution >= 4 is 46.1 Å². The number of piperidine rings is 1. The number of anilines is 1. The maximum Gasteiger partial charge on any atom is 0.270 e. The normalized spacial score (nSPS) is 22.1. The number of nitriles is 1. The first kappa shape index (κ1) is 26.5. The second-order valence-electron chi connectivity index (χ2n) is 9.34. The molecule has 1 aromatic rings. The third-order valence-corrected chi connectivity index (χ3v) is 7.80. The molecule has 1 aromatic heterocycles. The van der Waals surface area contributed by atoms with Crippen LogP contribution >= 0.6 is 24.0 Å². The molecule has 7 nitrogen and oxygen atoms in total. The van der Waals surface area contributed by atoms with Crippen molar-refractivity contribution in [3.8, 4) is 6.07 Å². The SMILES string of the molecule is CCCCn1c(N2CC(C)CC(C)C2)c(/C=C2/SC(=S)N(CCOC)C2=O)c(C)c(C#N)c1=O. The van der Waals surface area contributed by atoms with Crippen LogP contribution in [0.25, 0.3) is 6.08 Å². The molecule has 1 amide bonds. The van der Waals surface area contributed by atoms with Gasteiger partial charge in [0.1, 0.15) is 21.8 Å². The van der Waals surface area contributed by atoms with Gasteiger partial charge < -0.3 is 9.64 Å². The van der Waals surface area contributed by atoms with Crippen LogP contribution in [0.3, 0.4) is 0 Å². The molecular formula is C25H34N4O3S2. The van der Waals surface area contributed by atoms with Crippen LogP contribution in [0.2, 0.25) is 0 Å². The zero-order valence-corrected chi connectivity index (χ0v) is 22.4. The molecule has 3 heterocycles. The molecule has 0 aliphatic carbocycles. The number of hydrogen-bond donors (Lipinski definition) is 0. The Morgan fingerprint density at radius 2 is 1.91 bits per heavy atom. The first-order valence-corrected chi connectivity index (χ1v) is 13.1. The number of rotatable bonds is 8. The van der Waals surface area contributed by atoms with Crippen LogP contribution in [-0.4, -0.2) is 53.0 Å². The molecule has 34 heavy (non-hydrogen) atoms. The summed E-state index contributed by atoms with van der Waals surface area (Å²) in [7, 11) is 1.59. The number of amides is 1. The number of methoxy groups -OCH3 is 1. The summed E-state index contributed by atoms with van der Waals surface area (Å²) >= 11 is 6.71. The molecule has 2 atom stereocenters. The molecule has 0 saturated carbocycles. The van der Waals surface area contributed by atoms with Gasteiger partial charge in [-0.3, -0.25) is 19.1 Å². The number of thiocarbonyl (C=S) groups is 1. The van der Waals surface area contributed by atoms with E-state index in [4.69, 9.17) is 17.0 Å². The fourth-order valence-corrected chi connectivity index (χ4v) is 6.14. The molecule has 0 radical (unpaired) electrons. The summed E-state index contributed by atoms with van der Waals surface area (Å²) in [5.41, 5.74) is 1.27. The number of nitrogens with zero attached hydrogens (tertiary/aromatic N) is 4. The Morgan fingerprint density at radius 1 is 1.24 bits per heavy atom. The number of ether oxygens (including phenoxy) is 1. The Balaban J connectivity index is 2.22. The summed E-state index contributed by atoms with van der Waals surface area (Å²) in [6, 6.07) is 2.12. The van der Waals surface area contributed by atoms with Crippen molar-refractivity contribution in [1.29, 1.82) is 5.26 Å². The quantitative estimate of drug-likeness (QED) is 0.390. The highest BCUT2D eigenvalue weighted by molar-refractivity contribution is 8.26. The minimum absolute atomic E-state index is 0.138. The van der Waals surface area contributed by atoms with E-state index in [1.54, 1.807) is 16.6 Å². The van der Waals surface area contributed by atoms with Crippen LogP contribution in [0.4, 0.5) is 5.82 Å². The lowest BCUT2D eigenvalue weighted by atomic mass is 9.91. The molecule has 9 heteroatoms. The van der Waals surface area contributed by atoms with Crippen LogP contribution in [0.5, 0.6) is 0 Å². The number of unbranched alkanes of at least 4 members (excludes halogenated alkanes) is 1. The monoisotopic (exact) mass is 502 g/mol. The Morgan fingerprint density at radius 3 is 2.50 bits per heavy atom. The molecule has 184 valence electrons. The third-order valence-electron chi connectivity index (χ3n) is 6.42. The zero-order valence-electron chi connectivity index (χ0n) is 20.7. The van der Waals surface area contributed by atoms with E-state index in [9.17, 15) is 14.9 Å². The molecule has 3 rings (SSSR count). The van der Waals surface area contributed by atoms with Crippen molar-refractivity contribution in [3.05, 3.63) is 31.9 Å². The van der Waals surface area contributed by atoms with Gasteiger partial charge in [0, 0.05) is 32.3 Å². The Bertz CT molecular complexity index is 1080. The van der Waals surface area contributed by atoms with Crippen molar-refractivity contribution in [2.75, 3.05) is 38.3 Å². The summed E-state index contributed by atoms with van der Waals surface area (Å²) < 4.78 is 7.38. The van der Waals surface area contributed by atoms with Gasteiger partial charge in [0.2, 0.25) is 0 Å². The minimum Gasteiger partial charge on any atom is -0.383 e. The average molecular weight is 503 g/mol. The summed E-state index contributed by atoms with van der Waals surface area (Å²) in [6.45, 7) is 11.3. The zero-order chi connectivity index (χ0) is 25.0. The van der Waals surface area contributed by atoms with E-state index in [0.717, 1.165) is 43.7 Å². The number of carbonyl (C=O) groups excluding carboxylic acids is 1. The van der Waals surface area contributed by atoms with E-state index in [2.05, 4.69) is 31.7 Å². The highest BCUT2D eigenvalue weighted by atomic mass is 32.2. The minimum atomic E-state index is -0.251. The van der Waals surface area contributed by atoms with Crippen LogP contribution in [0, 0.1) is 30.1 Å². The molecule has 0 spiro atoms. The van der Waals surface area contributed by atoms with Gasteiger partial charge in [0.15, 0.2) is 0 Å². The van der Waals surface area contributed by atoms with E-state index in [0.29, 0.717) is 46.3 Å². The molecule has 0 N–H and O–H groups in total. The second-order valence-corrected chi connectivity index (χ2v) is 11.0. The molecule has 2 aliphatic rings. The maximum absolute atomic E-state index is 13.4. The molecule has 2 unspecified atom stereocenters. The van der Waals surface area contributed by atoms with Crippen molar-refractivity contribution in [1.82, 2.24) is 9.47 Å². The fourth-order valence-electron chi connectivity index (χ4n) is 4.85. The van der Waals surface area contributed by atoms with Gasteiger partial charge in [-0.15, -0.1) is 0 Å². The van der Waals surface area contributed by atoms with E-state index >= 15 is 0 Å². The van der Waals surface area contributed by atoms with Crippen LogP contribution in [-0.2, 0) is 16.1 Å². The van der Waals surface area contributed by atoms with Gasteiger partial charge in [-0.25, -0.2) is 0 Å². The van der Waals surface area contributed by atoms with Gasteiger partial charge >= 0.3 is 0 Å². The predicted molar refractivity (Wildman–Crippen MR) is 142 cm³/mol. The Labute approximate surface area is 211 Å². The first-order valence-electron chi connectivity index (χ1n) is 11.9. The highest BCUT2D eigenvalue weighted by Crippen LogP contribution is 2.37. The van der Waals surface area contributed by atoms with E-state index in [1.807, 2.05) is 13.0 Å². The largest absolute Gasteiger partial charge is 0.383 e. The van der Waals surface area contributed by atoms with Crippen molar-refractivity contribution in [3.63, 3.8) is 0 Å². The van der Waals surface area contributed by atoms with Gasteiger partial charge in [-0.05, 0) is 43.2 Å². The van der Waals surface area contributed by atoms with Gasteiger partial charge in [-0.1, -0.05) is 51.2 Å². The summed E-state index contributed by atoms with van der Waals surface area (Å²) in [5.74, 6) is 1.61. The standard InChI is InChI=1S/C25H34N4O3S2/c1-6-7-8-28-22(27-14-16(2)11-17(3)15-27)19(18(4)20(13-26)23(28)30)12-21-24(31)29(9-10-32-5)25(33)34-21/h12,16-17H,6-11,14-15H2,1-5H3/b21-12+. The predicted octanol–water partition coefficient (Wildman–Crippen LogP) is 4.16. The number of aromatic nitrogens is 1. The lowest BCUT2D eigenvalue weighted by Gasteiger charge is -2.39. The van der Waals surface area contributed by atoms with Gasteiger partial charge in [-0.2, -0.15) is 5.26 Å². The van der Waals surface area contributed by atoms with Crippen LogP contribution in [0.1, 0.15) is 56.7 Å². The molecule has 2 saturated heterocycles. The third kappa shape index (κ3) is 5.40. The van der Waals surface area contributed by atoms with Crippen LogP contribution < -0.4 is 10.5 Å². The summed E-state index contributed by atoms with van der Waals surface area (Å²) in [6.07, 6.45) is 4.74. The number of carbonyl (C=O) groups is 1. The van der Waals surface area contributed by atoms with E-state index < -0.39 is 0 Å². The number of pyridine rings is 1. The lowest BCUT2D eigenvalue weighted by molar-refractivity contribution is -0.122. The molecule has 2 aliphatic heterocycles. The summed E-state index contributed by atoms with van der Waals surface area (Å²) in [4.78, 5) is 30.9. The Hall–Kier alpha value is -2.15. The van der Waals surface area contributed by atoms with Crippen molar-refractivity contribution < 1.29 is 9.53 Å². The lowest BCUT2D eigenvalue weighted by Crippen LogP contribution is -2.43. The van der Waals surface area contributed by atoms with Crippen molar-refractivity contribution in [2.45, 2.75) is 53.5 Å². The Kier molecular flexibility index (Phi) is 8.96. The highest BCUT2D eigenvalue weighted by Gasteiger charge is 2.34. The number of thioether (sulfide) groups is 1. The smallest absolute Gasteiger partial charge is 0.270 e. The second kappa shape index (κ2) is 11.5. The summed E-state index contributed by atoms with van der Waals surface area (Å²) in [5, 5.41) is 9.84. The topological polar surface area (TPSA) is 78.6 Å². The molecular weight excluding hydrogens is 468 g/mol. The molecule has 2 fully saturated rings. The number of hydrogen-bond acceptors (Lipinski definition) is 7. The molecule has 0 aromatic carbocycles. The van der Waals surface area contributed by atoms with E-state index in [1.165, 1.54) is 11.8 Å².